The fourth-order valence-corrected chi connectivity index (χ4v) is 4.25. The molecule has 40 heavy (non-hydrogen) atoms. The number of carbonyl (C=O) groups is 2. The van der Waals surface area contributed by atoms with Crippen LogP contribution in [0, 0.1) is 11.6 Å². The number of nitrogens with one attached hydrogen (secondary N) is 1. The van der Waals surface area contributed by atoms with Crippen LogP contribution in [0.2, 0.25) is 0 Å². The van der Waals surface area contributed by atoms with Crippen molar-refractivity contribution >= 4 is 17.7 Å². The fraction of sp³-hybridized carbons (Fsp3) is 0.407. The van der Waals surface area contributed by atoms with E-state index in [2.05, 4.69) is 25.3 Å². The van der Waals surface area contributed by atoms with Gasteiger partial charge in [-0.3, -0.25) is 0 Å². The lowest BCUT2D eigenvalue weighted by Crippen LogP contribution is -2.44. The number of nitrogens with zero attached hydrogens (tertiary/aromatic N) is 5. The molecule has 1 aromatic carbocycles. The van der Waals surface area contributed by atoms with Crippen LogP contribution < -0.4 is 15.0 Å². The number of anilines is 1. The summed E-state index contributed by atoms with van der Waals surface area (Å²) < 4.78 is 39.8. The third-order valence-corrected chi connectivity index (χ3v) is 6.14. The van der Waals surface area contributed by atoms with Gasteiger partial charge in [-0.1, -0.05) is 0 Å². The minimum Gasteiger partial charge on any atom is -0.490 e. The van der Waals surface area contributed by atoms with Crippen molar-refractivity contribution in [2.24, 2.45) is 0 Å². The van der Waals surface area contributed by atoms with Crippen LogP contribution in [0.4, 0.5) is 19.3 Å². The van der Waals surface area contributed by atoms with E-state index < -0.39 is 35.3 Å². The van der Waals surface area contributed by atoms with E-state index in [0.29, 0.717) is 30.3 Å². The topological polar surface area (TPSA) is 140 Å². The number of hydrogen-bond acceptors (Lipinski definition) is 9. The summed E-state index contributed by atoms with van der Waals surface area (Å²) in [6, 6.07) is 2.54. The molecule has 0 bridgehead atoms. The SMILES string of the molecule is CC1c2cnc(-c3ncccn3)nc2CCN1c1cc(F)c(F)c(OCCC(NC(=O)OC(C)(C)C)C(=O)O)c1. The van der Waals surface area contributed by atoms with Crippen molar-refractivity contribution in [1.29, 1.82) is 0 Å². The zero-order chi connectivity index (χ0) is 29.0. The number of ether oxygens (including phenoxy) is 2. The summed E-state index contributed by atoms with van der Waals surface area (Å²) in [7, 11) is 0. The molecule has 2 aromatic heterocycles. The third-order valence-electron chi connectivity index (χ3n) is 6.14. The van der Waals surface area contributed by atoms with E-state index in [1.165, 1.54) is 6.07 Å². The summed E-state index contributed by atoms with van der Waals surface area (Å²) in [5, 5.41) is 11.7. The van der Waals surface area contributed by atoms with Crippen LogP contribution in [0.1, 0.15) is 51.4 Å². The van der Waals surface area contributed by atoms with Crippen LogP contribution in [-0.4, -0.2) is 61.9 Å². The van der Waals surface area contributed by atoms with Crippen LogP contribution in [0.3, 0.4) is 0 Å². The highest BCUT2D eigenvalue weighted by Gasteiger charge is 2.29. The zero-order valence-corrected chi connectivity index (χ0v) is 22.5. The summed E-state index contributed by atoms with van der Waals surface area (Å²) in [5.74, 6) is -3.18. The number of rotatable bonds is 8. The minimum atomic E-state index is -1.35. The number of carbonyl (C=O) groups excluding carboxylic acids is 1. The summed E-state index contributed by atoms with van der Waals surface area (Å²) in [4.78, 5) is 42.8. The number of hydrogen-bond donors (Lipinski definition) is 2. The van der Waals surface area contributed by atoms with Gasteiger partial charge in [0, 0.05) is 61.4 Å². The number of alkyl carbamates (subject to hydrolysis) is 1. The van der Waals surface area contributed by atoms with Crippen LogP contribution in [-0.2, 0) is 16.0 Å². The van der Waals surface area contributed by atoms with Crippen molar-refractivity contribution in [3.8, 4) is 17.4 Å². The number of carboxylic acid groups (broad SMARTS) is 1. The number of amides is 1. The van der Waals surface area contributed by atoms with Crippen molar-refractivity contribution in [3.05, 3.63) is 59.7 Å². The van der Waals surface area contributed by atoms with Gasteiger partial charge in [0.25, 0.3) is 0 Å². The lowest BCUT2D eigenvalue weighted by atomic mass is 9.98. The molecule has 1 amide bonds. The largest absolute Gasteiger partial charge is 0.490 e. The Hall–Kier alpha value is -4.42. The van der Waals surface area contributed by atoms with Gasteiger partial charge >= 0.3 is 12.1 Å². The highest BCUT2D eigenvalue weighted by atomic mass is 19.2. The molecule has 0 saturated heterocycles. The molecular weight excluding hydrogens is 526 g/mol. The maximum Gasteiger partial charge on any atom is 0.408 e. The molecule has 3 heterocycles. The van der Waals surface area contributed by atoms with Gasteiger partial charge in [0.2, 0.25) is 5.82 Å². The van der Waals surface area contributed by atoms with Gasteiger partial charge in [-0.2, -0.15) is 4.39 Å². The van der Waals surface area contributed by atoms with Crippen LogP contribution in [0.15, 0.2) is 36.8 Å². The fourth-order valence-electron chi connectivity index (χ4n) is 4.25. The van der Waals surface area contributed by atoms with Crippen LogP contribution in [0.25, 0.3) is 11.6 Å². The number of carboxylic acids is 1. The van der Waals surface area contributed by atoms with Gasteiger partial charge < -0.3 is 24.8 Å². The zero-order valence-electron chi connectivity index (χ0n) is 22.5. The molecule has 2 atom stereocenters. The standard InChI is InChI=1S/C27H30F2N6O5/c1-15-17-14-32-24(23-30-8-5-9-31-23)33-19(17)6-10-35(15)16-12-18(28)22(29)21(13-16)39-11-7-20(25(36)37)34-26(38)40-27(2,3)4/h5,8-9,12-15,20H,6-7,10-11H2,1-4H3,(H,34,38)(H,36,37). The number of aromatic nitrogens is 4. The first-order valence-electron chi connectivity index (χ1n) is 12.7. The molecule has 3 aromatic rings. The minimum absolute atomic E-state index is 0.210. The maximum atomic E-state index is 14.6. The molecule has 0 radical (unpaired) electrons. The molecule has 2 N–H and O–H groups in total. The van der Waals surface area contributed by atoms with E-state index in [1.807, 2.05) is 11.8 Å². The number of halogens is 2. The molecule has 0 fully saturated rings. The summed E-state index contributed by atoms with van der Waals surface area (Å²) in [5.41, 5.74) is 1.21. The normalized spacial score (nSPS) is 15.7. The highest BCUT2D eigenvalue weighted by Crippen LogP contribution is 2.36. The monoisotopic (exact) mass is 556 g/mol. The molecule has 2 unspecified atom stereocenters. The smallest absolute Gasteiger partial charge is 0.408 e. The Balaban J connectivity index is 1.46. The molecule has 11 nitrogen and oxygen atoms in total. The highest BCUT2D eigenvalue weighted by molar-refractivity contribution is 5.80. The van der Waals surface area contributed by atoms with Crippen molar-refractivity contribution in [3.63, 3.8) is 0 Å². The van der Waals surface area contributed by atoms with Gasteiger partial charge in [0.05, 0.1) is 18.3 Å². The summed E-state index contributed by atoms with van der Waals surface area (Å²) >= 11 is 0. The number of benzene rings is 1. The number of aliphatic carboxylic acids is 1. The molecule has 4 rings (SSSR count). The van der Waals surface area contributed by atoms with Gasteiger partial charge in [-0.25, -0.2) is 33.9 Å². The Morgan fingerprint density at radius 3 is 2.58 bits per heavy atom. The molecule has 0 spiro atoms. The van der Waals surface area contributed by atoms with Crippen molar-refractivity contribution in [2.75, 3.05) is 18.1 Å². The Bertz CT molecular complexity index is 1390. The molecule has 0 saturated carbocycles. The number of fused-ring (bicyclic) bond motifs is 1. The van der Waals surface area contributed by atoms with Crippen molar-refractivity contribution in [2.45, 2.75) is 58.2 Å². The second kappa shape index (κ2) is 11.8. The molecule has 212 valence electrons. The van der Waals surface area contributed by atoms with E-state index in [4.69, 9.17) is 9.47 Å². The van der Waals surface area contributed by atoms with Gasteiger partial charge in [0.1, 0.15) is 11.6 Å². The lowest BCUT2D eigenvalue weighted by Gasteiger charge is -2.36. The third kappa shape index (κ3) is 6.77. The first-order valence-corrected chi connectivity index (χ1v) is 12.7. The van der Waals surface area contributed by atoms with Crippen LogP contribution in [0.5, 0.6) is 5.75 Å². The second-order valence-electron chi connectivity index (χ2n) is 10.2. The average Bonchev–Trinajstić information content (AvgIpc) is 2.89. The molecular formula is C27H30F2N6O5. The average molecular weight is 557 g/mol. The van der Waals surface area contributed by atoms with E-state index in [1.54, 1.807) is 45.4 Å². The van der Waals surface area contributed by atoms with E-state index in [9.17, 15) is 23.5 Å². The predicted molar refractivity (Wildman–Crippen MR) is 140 cm³/mol. The molecule has 1 aliphatic rings. The van der Waals surface area contributed by atoms with Crippen molar-refractivity contribution in [1.82, 2.24) is 25.3 Å². The second-order valence-corrected chi connectivity index (χ2v) is 10.2. The first-order chi connectivity index (χ1) is 18.9. The van der Waals surface area contributed by atoms with Gasteiger partial charge in [-0.05, 0) is 33.8 Å². The quantitative estimate of drug-likeness (QED) is 0.417. The lowest BCUT2D eigenvalue weighted by molar-refractivity contribution is -0.139. The van der Waals surface area contributed by atoms with Crippen molar-refractivity contribution < 1.29 is 33.0 Å². The molecule has 0 aliphatic carbocycles. The van der Waals surface area contributed by atoms with Gasteiger partial charge in [0.15, 0.2) is 23.2 Å². The van der Waals surface area contributed by atoms with E-state index in [-0.39, 0.29) is 24.8 Å². The molecule has 13 heteroatoms. The van der Waals surface area contributed by atoms with E-state index >= 15 is 0 Å². The Morgan fingerprint density at radius 2 is 1.90 bits per heavy atom. The maximum absolute atomic E-state index is 14.6. The Labute approximate surface area is 229 Å². The van der Waals surface area contributed by atoms with Crippen LogP contribution >= 0.6 is 0 Å². The summed E-state index contributed by atoms with van der Waals surface area (Å²) in [6.07, 6.45) is 4.30. The predicted octanol–water partition coefficient (Wildman–Crippen LogP) is 4.08. The first kappa shape index (κ1) is 28.6. The Kier molecular flexibility index (Phi) is 8.40. The van der Waals surface area contributed by atoms with Gasteiger partial charge in [-0.15, -0.1) is 0 Å². The summed E-state index contributed by atoms with van der Waals surface area (Å²) in [6.45, 7) is 6.99. The van der Waals surface area contributed by atoms with E-state index in [0.717, 1.165) is 17.3 Å². The Morgan fingerprint density at radius 1 is 1.18 bits per heavy atom. The molecule has 1 aliphatic heterocycles.